The summed E-state index contributed by atoms with van der Waals surface area (Å²) < 4.78 is 4.66. The van der Waals surface area contributed by atoms with E-state index in [1.165, 1.54) is 35.5 Å². The van der Waals surface area contributed by atoms with E-state index in [0.29, 0.717) is 17.8 Å². The quantitative estimate of drug-likeness (QED) is 0.604. The summed E-state index contributed by atoms with van der Waals surface area (Å²) in [6.07, 6.45) is 4.55. The van der Waals surface area contributed by atoms with Crippen LogP contribution in [0.3, 0.4) is 0 Å². The molecule has 2 heterocycles. The highest BCUT2D eigenvalue weighted by Gasteiger charge is 2.36. The van der Waals surface area contributed by atoms with Gasteiger partial charge in [0.1, 0.15) is 6.54 Å². The van der Waals surface area contributed by atoms with Gasteiger partial charge in [0.2, 0.25) is 16.9 Å². The van der Waals surface area contributed by atoms with Crippen LogP contribution >= 0.6 is 23.6 Å². The van der Waals surface area contributed by atoms with Crippen molar-refractivity contribution in [2.24, 2.45) is 10.9 Å². The normalized spacial score (nSPS) is 18.8. The van der Waals surface area contributed by atoms with Crippen molar-refractivity contribution < 1.29 is 19.1 Å². The number of nitrogens with one attached hydrogen (secondary N) is 1. The third kappa shape index (κ3) is 3.78. The van der Waals surface area contributed by atoms with Crippen molar-refractivity contribution in [3.8, 4) is 0 Å². The molecule has 0 fully saturated rings. The molecule has 26 heavy (non-hydrogen) atoms. The van der Waals surface area contributed by atoms with Gasteiger partial charge in [-0.05, 0) is 29.7 Å². The first-order valence-electron chi connectivity index (χ1n) is 7.71. The number of ether oxygens (including phenoxy) is 1. The van der Waals surface area contributed by atoms with Gasteiger partial charge in [-0.25, -0.2) is 9.79 Å². The van der Waals surface area contributed by atoms with Crippen molar-refractivity contribution in [1.82, 2.24) is 10.2 Å². The predicted octanol–water partition coefficient (Wildman–Crippen LogP) is 1.22. The Bertz CT molecular complexity index is 855. The standard InChI is InChI=1S/C17H15N3O4S2/c1-24-16(23)10-4-5-12-13(7-10)19-17(25)20(15(12)22)9-14(21)18-8-11-3-2-6-26-11/h2-7,12H,8-9H2,1H3,(H,18,21). The number of methoxy groups -OCH3 is 1. The molecule has 1 atom stereocenters. The van der Waals surface area contributed by atoms with Gasteiger partial charge in [0.05, 0.1) is 30.9 Å². The topological polar surface area (TPSA) is 88.1 Å². The van der Waals surface area contributed by atoms with Gasteiger partial charge >= 0.3 is 5.97 Å². The summed E-state index contributed by atoms with van der Waals surface area (Å²) in [5.41, 5.74) is 0.665. The molecule has 7 nitrogen and oxygen atoms in total. The van der Waals surface area contributed by atoms with Crippen LogP contribution in [-0.2, 0) is 25.7 Å². The molecule has 1 aliphatic carbocycles. The fourth-order valence-corrected chi connectivity index (χ4v) is 3.43. The van der Waals surface area contributed by atoms with E-state index < -0.39 is 11.9 Å². The Balaban J connectivity index is 1.69. The number of amides is 2. The van der Waals surface area contributed by atoms with E-state index in [9.17, 15) is 14.4 Å². The van der Waals surface area contributed by atoms with E-state index in [1.54, 1.807) is 6.08 Å². The largest absolute Gasteiger partial charge is 0.465 e. The summed E-state index contributed by atoms with van der Waals surface area (Å²) in [5.74, 6) is -1.85. The van der Waals surface area contributed by atoms with Crippen LogP contribution in [0.5, 0.6) is 0 Å². The number of thiocarbonyl (C=S) groups is 1. The first-order valence-corrected chi connectivity index (χ1v) is 8.99. The minimum absolute atomic E-state index is 0.00305. The van der Waals surface area contributed by atoms with Gasteiger partial charge in [0, 0.05) is 4.88 Å². The Morgan fingerprint density at radius 2 is 2.27 bits per heavy atom. The highest BCUT2D eigenvalue weighted by molar-refractivity contribution is 7.80. The van der Waals surface area contributed by atoms with E-state index in [1.807, 2.05) is 17.5 Å². The predicted molar refractivity (Wildman–Crippen MR) is 101 cm³/mol. The summed E-state index contributed by atoms with van der Waals surface area (Å²) in [7, 11) is 1.28. The molecule has 9 heteroatoms. The fourth-order valence-electron chi connectivity index (χ4n) is 2.53. The number of hydrogen-bond donors (Lipinski definition) is 1. The van der Waals surface area contributed by atoms with E-state index in [2.05, 4.69) is 15.0 Å². The van der Waals surface area contributed by atoms with Crippen molar-refractivity contribution in [2.75, 3.05) is 13.7 Å². The Morgan fingerprint density at radius 3 is 2.96 bits per heavy atom. The molecule has 0 saturated carbocycles. The third-order valence-corrected chi connectivity index (χ3v) is 5.03. The van der Waals surface area contributed by atoms with Crippen molar-refractivity contribution in [2.45, 2.75) is 6.54 Å². The lowest BCUT2D eigenvalue weighted by atomic mass is 9.92. The first kappa shape index (κ1) is 18.2. The third-order valence-electron chi connectivity index (χ3n) is 3.84. The molecule has 0 bridgehead atoms. The maximum absolute atomic E-state index is 12.7. The van der Waals surface area contributed by atoms with Crippen molar-refractivity contribution in [3.05, 3.63) is 46.2 Å². The average Bonchev–Trinajstić information content (AvgIpc) is 3.16. The number of fused-ring (bicyclic) bond motifs is 1. The first-order chi connectivity index (χ1) is 12.5. The highest BCUT2D eigenvalue weighted by Crippen LogP contribution is 2.22. The van der Waals surface area contributed by atoms with E-state index in [0.717, 1.165) is 4.88 Å². The molecule has 0 radical (unpaired) electrons. The van der Waals surface area contributed by atoms with E-state index in [4.69, 9.17) is 12.2 Å². The lowest BCUT2D eigenvalue weighted by Crippen LogP contribution is -2.50. The summed E-state index contributed by atoms with van der Waals surface area (Å²) >= 11 is 6.69. The highest BCUT2D eigenvalue weighted by atomic mass is 32.1. The van der Waals surface area contributed by atoms with Crippen molar-refractivity contribution >= 4 is 52.2 Å². The van der Waals surface area contributed by atoms with Crippen LogP contribution in [0.4, 0.5) is 0 Å². The molecular weight excluding hydrogens is 374 g/mol. The van der Waals surface area contributed by atoms with Gasteiger partial charge < -0.3 is 10.1 Å². The molecule has 1 unspecified atom stereocenters. The zero-order chi connectivity index (χ0) is 18.7. The van der Waals surface area contributed by atoms with Crippen LogP contribution in [0.25, 0.3) is 0 Å². The Morgan fingerprint density at radius 1 is 1.46 bits per heavy atom. The van der Waals surface area contributed by atoms with Crippen LogP contribution in [-0.4, -0.2) is 47.2 Å². The summed E-state index contributed by atoms with van der Waals surface area (Å²) in [6, 6.07) is 3.81. The van der Waals surface area contributed by atoms with Gasteiger partial charge in [-0.15, -0.1) is 11.3 Å². The molecule has 2 aliphatic rings. The number of carbonyl (C=O) groups excluding carboxylic acids is 3. The second-order valence-electron chi connectivity index (χ2n) is 5.53. The smallest absolute Gasteiger partial charge is 0.337 e. The van der Waals surface area contributed by atoms with Crippen molar-refractivity contribution in [3.63, 3.8) is 0 Å². The van der Waals surface area contributed by atoms with Gasteiger partial charge in [0.25, 0.3) is 0 Å². The van der Waals surface area contributed by atoms with E-state index in [-0.39, 0.29) is 23.5 Å². The number of hydrogen-bond acceptors (Lipinski definition) is 6. The van der Waals surface area contributed by atoms with Crippen LogP contribution in [0.1, 0.15) is 4.88 Å². The fraction of sp³-hybridized carbons (Fsp3) is 0.235. The zero-order valence-electron chi connectivity index (χ0n) is 13.8. The maximum atomic E-state index is 12.7. The molecule has 0 spiro atoms. The van der Waals surface area contributed by atoms with Crippen LogP contribution < -0.4 is 5.32 Å². The number of thiophene rings is 1. The second-order valence-corrected chi connectivity index (χ2v) is 6.93. The monoisotopic (exact) mass is 389 g/mol. The molecule has 1 aromatic rings. The lowest BCUT2D eigenvalue weighted by molar-refractivity contribution is -0.135. The lowest BCUT2D eigenvalue weighted by Gasteiger charge is -2.30. The van der Waals surface area contributed by atoms with Gasteiger partial charge in [-0.2, -0.15) is 0 Å². The number of allylic oxidation sites excluding steroid dienone is 1. The molecule has 1 aliphatic heterocycles. The van der Waals surface area contributed by atoms with Gasteiger partial charge in [-0.3, -0.25) is 14.5 Å². The number of esters is 1. The van der Waals surface area contributed by atoms with Crippen LogP contribution in [0.15, 0.2) is 46.3 Å². The Kier molecular flexibility index (Phi) is 5.38. The number of aliphatic imine (C=N–C) groups is 1. The maximum Gasteiger partial charge on any atom is 0.337 e. The SMILES string of the molecule is COC(=O)C1=CC2=NC(=S)N(CC(=O)NCc3cccs3)C(=O)C2C=C1. The molecule has 1 aromatic heterocycles. The number of rotatable bonds is 5. The minimum atomic E-state index is -0.666. The average molecular weight is 389 g/mol. The van der Waals surface area contributed by atoms with Crippen LogP contribution in [0, 0.1) is 5.92 Å². The number of carbonyl (C=O) groups is 3. The number of nitrogens with zero attached hydrogens (tertiary/aromatic N) is 2. The molecular formula is C17H15N3O4S2. The zero-order valence-corrected chi connectivity index (χ0v) is 15.4. The van der Waals surface area contributed by atoms with Crippen molar-refractivity contribution in [1.29, 1.82) is 0 Å². The Hall–Kier alpha value is -2.65. The summed E-state index contributed by atoms with van der Waals surface area (Å²) in [4.78, 5) is 42.8. The second kappa shape index (κ2) is 7.71. The van der Waals surface area contributed by atoms with E-state index >= 15 is 0 Å². The Labute approximate surface area is 159 Å². The molecule has 0 aromatic carbocycles. The molecule has 3 rings (SSSR count). The molecule has 1 N–H and O–H groups in total. The van der Waals surface area contributed by atoms with Gasteiger partial charge in [-0.1, -0.05) is 18.2 Å². The summed E-state index contributed by atoms with van der Waals surface area (Å²) in [5, 5.41) is 4.68. The minimum Gasteiger partial charge on any atom is -0.465 e. The van der Waals surface area contributed by atoms with Crippen LogP contribution in [0.2, 0.25) is 0 Å². The molecule has 134 valence electrons. The molecule has 0 saturated heterocycles. The summed E-state index contributed by atoms with van der Waals surface area (Å²) in [6.45, 7) is 0.200. The molecule has 2 amide bonds. The van der Waals surface area contributed by atoms with Gasteiger partial charge in [0.15, 0.2) is 0 Å².